The van der Waals surface area contributed by atoms with Crippen molar-refractivity contribution in [1.29, 1.82) is 0 Å². The average molecular weight is 426 g/mol. The van der Waals surface area contributed by atoms with Crippen LogP contribution in [0.3, 0.4) is 0 Å². The topological polar surface area (TPSA) is 123 Å². The number of hydrogen-bond donors (Lipinski definition) is 3. The predicted octanol–water partition coefficient (Wildman–Crippen LogP) is 2.18. The lowest BCUT2D eigenvalue weighted by atomic mass is 10.1. The summed E-state index contributed by atoms with van der Waals surface area (Å²) in [5.74, 6) is -0.531. The van der Waals surface area contributed by atoms with E-state index in [0.717, 1.165) is 0 Å². The van der Waals surface area contributed by atoms with Crippen molar-refractivity contribution in [1.82, 2.24) is 10.6 Å². The number of aliphatic carboxylic acids is 1. The van der Waals surface area contributed by atoms with Gasteiger partial charge >= 0.3 is 5.97 Å². The van der Waals surface area contributed by atoms with Crippen molar-refractivity contribution in [3.05, 3.63) is 59.3 Å². The lowest BCUT2D eigenvalue weighted by Gasteiger charge is -2.13. The van der Waals surface area contributed by atoms with Crippen LogP contribution in [0.15, 0.2) is 48.2 Å². The van der Waals surface area contributed by atoms with E-state index in [9.17, 15) is 14.4 Å². The first-order valence-electron chi connectivity index (χ1n) is 9.53. The molecule has 0 atom stereocenters. The van der Waals surface area contributed by atoms with Crippen molar-refractivity contribution >= 4 is 23.9 Å². The average Bonchev–Trinajstić information content (AvgIpc) is 3.23. The summed E-state index contributed by atoms with van der Waals surface area (Å²) in [5, 5.41) is 14.0. The summed E-state index contributed by atoms with van der Waals surface area (Å²) in [6.07, 6.45) is 1.69. The molecule has 31 heavy (non-hydrogen) atoms. The standard InChI is InChI=1S/C22H22N2O7/c1-29-17-6-3-2-5-15(17)21(27)24-16(22(28)23-10-4-7-20(25)26)11-14-8-9-18-19(12-14)31-13-30-18/h2-3,5-6,8-9,11-12H,4,7,10,13H2,1H3,(H,23,28)(H,24,27)(H,25,26). The van der Waals surface area contributed by atoms with Crippen LogP contribution >= 0.6 is 0 Å². The molecule has 0 saturated carbocycles. The second-order valence-electron chi connectivity index (χ2n) is 6.58. The highest BCUT2D eigenvalue weighted by molar-refractivity contribution is 6.06. The van der Waals surface area contributed by atoms with Gasteiger partial charge in [0.1, 0.15) is 11.4 Å². The minimum atomic E-state index is -0.949. The molecule has 0 aromatic heterocycles. The van der Waals surface area contributed by atoms with Crippen LogP contribution in [0.5, 0.6) is 17.2 Å². The molecule has 2 aromatic carbocycles. The molecule has 9 heteroatoms. The molecule has 2 aromatic rings. The van der Waals surface area contributed by atoms with Gasteiger partial charge in [-0.05, 0) is 42.3 Å². The Morgan fingerprint density at radius 1 is 1.13 bits per heavy atom. The third-order valence-corrected chi connectivity index (χ3v) is 4.41. The molecule has 3 rings (SSSR count). The van der Waals surface area contributed by atoms with Gasteiger partial charge < -0.3 is 30.0 Å². The van der Waals surface area contributed by atoms with E-state index in [2.05, 4.69) is 10.6 Å². The number of rotatable bonds is 9. The van der Waals surface area contributed by atoms with E-state index in [1.54, 1.807) is 42.5 Å². The zero-order valence-corrected chi connectivity index (χ0v) is 16.8. The Kier molecular flexibility index (Phi) is 7.10. The molecule has 9 nitrogen and oxygen atoms in total. The van der Waals surface area contributed by atoms with Crippen molar-refractivity contribution in [3.8, 4) is 17.2 Å². The van der Waals surface area contributed by atoms with Crippen molar-refractivity contribution < 1.29 is 33.7 Å². The van der Waals surface area contributed by atoms with Gasteiger partial charge in [0.25, 0.3) is 11.8 Å². The molecule has 0 radical (unpaired) electrons. The van der Waals surface area contributed by atoms with E-state index < -0.39 is 17.8 Å². The summed E-state index contributed by atoms with van der Waals surface area (Å²) in [5.41, 5.74) is 0.866. The minimum absolute atomic E-state index is 0.00917. The molecule has 2 amide bonds. The second kappa shape index (κ2) is 10.1. The first kappa shape index (κ1) is 21.7. The van der Waals surface area contributed by atoms with E-state index in [0.29, 0.717) is 22.8 Å². The van der Waals surface area contributed by atoms with Gasteiger partial charge in [0, 0.05) is 13.0 Å². The predicted molar refractivity (Wildman–Crippen MR) is 111 cm³/mol. The number of benzene rings is 2. The summed E-state index contributed by atoms with van der Waals surface area (Å²) in [6.45, 7) is 0.262. The van der Waals surface area contributed by atoms with Crippen LogP contribution in [0.2, 0.25) is 0 Å². The second-order valence-corrected chi connectivity index (χ2v) is 6.58. The summed E-state index contributed by atoms with van der Waals surface area (Å²) in [7, 11) is 1.45. The maximum Gasteiger partial charge on any atom is 0.303 e. The Labute approximate surface area is 178 Å². The number of nitrogens with one attached hydrogen (secondary N) is 2. The first-order chi connectivity index (χ1) is 15.0. The molecule has 0 spiro atoms. The molecule has 162 valence electrons. The number of hydrogen-bond acceptors (Lipinski definition) is 6. The molecule has 1 aliphatic rings. The van der Waals surface area contributed by atoms with Crippen molar-refractivity contribution in [2.24, 2.45) is 0 Å². The largest absolute Gasteiger partial charge is 0.496 e. The van der Waals surface area contributed by atoms with Crippen LogP contribution in [0.1, 0.15) is 28.8 Å². The number of carbonyl (C=O) groups is 3. The van der Waals surface area contributed by atoms with E-state index in [4.69, 9.17) is 19.3 Å². The molecule has 0 fully saturated rings. The molecule has 0 aliphatic carbocycles. The Balaban J connectivity index is 1.82. The van der Waals surface area contributed by atoms with Crippen LogP contribution in [0.4, 0.5) is 0 Å². The van der Waals surface area contributed by atoms with Gasteiger partial charge in [0.05, 0.1) is 12.7 Å². The molecular formula is C22H22N2O7. The van der Waals surface area contributed by atoms with Crippen LogP contribution < -0.4 is 24.8 Å². The third-order valence-electron chi connectivity index (χ3n) is 4.41. The number of ether oxygens (including phenoxy) is 3. The molecule has 0 unspecified atom stereocenters. The maximum absolute atomic E-state index is 12.8. The van der Waals surface area contributed by atoms with Gasteiger partial charge in [-0.25, -0.2) is 0 Å². The fourth-order valence-electron chi connectivity index (χ4n) is 2.89. The van der Waals surface area contributed by atoms with Gasteiger partial charge in [0.2, 0.25) is 6.79 Å². The number of para-hydroxylation sites is 1. The van der Waals surface area contributed by atoms with E-state index >= 15 is 0 Å². The van der Waals surface area contributed by atoms with E-state index in [1.165, 1.54) is 13.2 Å². The maximum atomic E-state index is 12.8. The highest BCUT2D eigenvalue weighted by Crippen LogP contribution is 2.33. The van der Waals surface area contributed by atoms with Crippen LogP contribution in [-0.4, -0.2) is 43.3 Å². The monoisotopic (exact) mass is 426 g/mol. The highest BCUT2D eigenvalue weighted by atomic mass is 16.7. The first-order valence-corrected chi connectivity index (χ1v) is 9.53. The summed E-state index contributed by atoms with van der Waals surface area (Å²) < 4.78 is 15.8. The molecule has 1 aliphatic heterocycles. The van der Waals surface area contributed by atoms with Gasteiger partial charge in [-0.2, -0.15) is 0 Å². The quantitative estimate of drug-likeness (QED) is 0.415. The van der Waals surface area contributed by atoms with Crippen molar-refractivity contribution in [2.75, 3.05) is 20.4 Å². The Morgan fingerprint density at radius 2 is 1.90 bits per heavy atom. The SMILES string of the molecule is COc1ccccc1C(=O)NC(=Cc1ccc2c(c1)OCO2)C(=O)NCCCC(=O)O. The molecular weight excluding hydrogens is 404 g/mol. The third kappa shape index (κ3) is 5.75. The van der Waals surface area contributed by atoms with Gasteiger partial charge in [-0.1, -0.05) is 18.2 Å². The number of amides is 2. The lowest BCUT2D eigenvalue weighted by Crippen LogP contribution is -2.35. The number of carbonyl (C=O) groups excluding carboxylic acids is 2. The summed E-state index contributed by atoms with van der Waals surface area (Å²) in [6, 6.07) is 11.8. The van der Waals surface area contributed by atoms with Crippen LogP contribution in [0, 0.1) is 0 Å². The molecule has 0 bridgehead atoms. The number of methoxy groups -OCH3 is 1. The molecule has 3 N–H and O–H groups in total. The highest BCUT2D eigenvalue weighted by Gasteiger charge is 2.18. The zero-order valence-electron chi connectivity index (χ0n) is 16.8. The fourth-order valence-corrected chi connectivity index (χ4v) is 2.89. The Hall–Kier alpha value is -4.01. The Morgan fingerprint density at radius 3 is 2.68 bits per heavy atom. The van der Waals surface area contributed by atoms with Crippen molar-refractivity contribution in [3.63, 3.8) is 0 Å². The molecule has 0 saturated heterocycles. The summed E-state index contributed by atoms with van der Waals surface area (Å²) in [4.78, 5) is 36.2. The van der Waals surface area contributed by atoms with Gasteiger partial charge in [0.15, 0.2) is 11.5 Å². The smallest absolute Gasteiger partial charge is 0.303 e. The van der Waals surface area contributed by atoms with Crippen LogP contribution in [0.25, 0.3) is 6.08 Å². The normalized spacial score (nSPS) is 12.2. The minimum Gasteiger partial charge on any atom is -0.496 e. The zero-order chi connectivity index (χ0) is 22.2. The van der Waals surface area contributed by atoms with Crippen molar-refractivity contribution in [2.45, 2.75) is 12.8 Å². The number of fused-ring (bicyclic) bond motifs is 1. The van der Waals surface area contributed by atoms with Crippen LogP contribution in [-0.2, 0) is 9.59 Å². The Bertz CT molecular complexity index is 1020. The number of carboxylic acids is 1. The molecule has 1 heterocycles. The van der Waals surface area contributed by atoms with Gasteiger partial charge in [-0.3, -0.25) is 14.4 Å². The fraction of sp³-hybridized carbons (Fsp3) is 0.227. The summed E-state index contributed by atoms with van der Waals surface area (Å²) >= 11 is 0. The van der Waals surface area contributed by atoms with E-state index in [-0.39, 0.29) is 37.4 Å². The van der Waals surface area contributed by atoms with Gasteiger partial charge in [-0.15, -0.1) is 0 Å². The van der Waals surface area contributed by atoms with E-state index in [1.807, 2.05) is 0 Å². The lowest BCUT2D eigenvalue weighted by molar-refractivity contribution is -0.137. The number of carboxylic acid groups (broad SMARTS) is 1.